The van der Waals surface area contributed by atoms with E-state index in [-0.39, 0.29) is 5.54 Å². The number of nitrogens with zero attached hydrogens (tertiary/aromatic N) is 2. The van der Waals surface area contributed by atoms with E-state index >= 15 is 0 Å². The van der Waals surface area contributed by atoms with Crippen molar-refractivity contribution in [3.8, 4) is 0 Å². The minimum Gasteiger partial charge on any atom is -0.378 e. The molecule has 1 fully saturated rings. The summed E-state index contributed by atoms with van der Waals surface area (Å²) in [5, 5.41) is 2.11. The predicted molar refractivity (Wildman–Crippen MR) is 73.7 cm³/mol. The van der Waals surface area contributed by atoms with Gasteiger partial charge in [-0.05, 0) is 31.2 Å². The molecule has 0 bridgehead atoms. The molecule has 1 aromatic rings. The first kappa shape index (κ1) is 12.0. The lowest BCUT2D eigenvalue weighted by Gasteiger charge is -2.43. The van der Waals surface area contributed by atoms with Crippen LogP contribution in [0.4, 0.5) is 0 Å². The Kier molecular flexibility index (Phi) is 3.03. The van der Waals surface area contributed by atoms with Crippen LogP contribution in [0.5, 0.6) is 0 Å². The number of thiophene rings is 1. The number of rotatable bonds is 2. The van der Waals surface area contributed by atoms with Crippen LogP contribution >= 0.6 is 11.3 Å². The molecule has 3 heterocycles. The third-order valence-corrected chi connectivity index (χ3v) is 4.78. The van der Waals surface area contributed by atoms with Gasteiger partial charge in [0.1, 0.15) is 0 Å². The van der Waals surface area contributed by atoms with E-state index in [2.05, 4.69) is 34.3 Å². The highest BCUT2D eigenvalue weighted by molar-refractivity contribution is 7.09. The minimum absolute atomic E-state index is 0.0890. The number of hydrogen-bond acceptors (Lipinski definition) is 5. The molecular weight excluding hydrogens is 246 g/mol. The van der Waals surface area contributed by atoms with E-state index in [1.165, 1.54) is 4.88 Å². The van der Waals surface area contributed by atoms with Gasteiger partial charge in [0.2, 0.25) is 0 Å². The maximum atomic E-state index is 6.09. The van der Waals surface area contributed by atoms with Gasteiger partial charge in [0, 0.05) is 11.5 Å². The highest BCUT2D eigenvalue weighted by Gasteiger charge is 2.45. The molecule has 1 saturated heterocycles. The van der Waals surface area contributed by atoms with Crippen molar-refractivity contribution >= 4 is 17.3 Å². The summed E-state index contributed by atoms with van der Waals surface area (Å²) in [6, 6.07) is 4.25. The van der Waals surface area contributed by atoms with Gasteiger partial charge in [0.25, 0.3) is 0 Å². The number of nitrogens with two attached hydrogens (primary N) is 1. The van der Waals surface area contributed by atoms with Crippen LogP contribution in [0, 0.1) is 0 Å². The summed E-state index contributed by atoms with van der Waals surface area (Å²) < 4.78 is 5.67. The van der Waals surface area contributed by atoms with Crippen molar-refractivity contribution in [3.63, 3.8) is 0 Å². The molecule has 0 amide bonds. The van der Waals surface area contributed by atoms with Crippen LogP contribution in [0.1, 0.15) is 24.6 Å². The lowest BCUT2D eigenvalue weighted by atomic mass is 9.86. The Morgan fingerprint density at radius 3 is 3.28 bits per heavy atom. The summed E-state index contributed by atoms with van der Waals surface area (Å²) in [6.07, 6.45) is 2.33. The summed E-state index contributed by atoms with van der Waals surface area (Å²) in [4.78, 5) is 8.11. The SMILES string of the molecule is CC1CC2(CCO1)CN=C(N)N2Cc1cccs1. The molecule has 2 N–H and O–H groups in total. The third kappa shape index (κ3) is 2.01. The molecule has 2 aliphatic heterocycles. The van der Waals surface area contributed by atoms with Gasteiger partial charge in [0.05, 0.1) is 24.7 Å². The lowest BCUT2D eigenvalue weighted by Crippen LogP contribution is -2.55. The van der Waals surface area contributed by atoms with Crippen LogP contribution in [-0.2, 0) is 11.3 Å². The summed E-state index contributed by atoms with van der Waals surface area (Å²) in [5.41, 5.74) is 6.18. The van der Waals surface area contributed by atoms with Crippen molar-refractivity contribution in [2.45, 2.75) is 38.0 Å². The molecule has 2 atom stereocenters. The van der Waals surface area contributed by atoms with E-state index in [0.29, 0.717) is 12.1 Å². The molecule has 0 aliphatic carbocycles. The van der Waals surface area contributed by atoms with Crippen molar-refractivity contribution < 1.29 is 4.74 Å². The van der Waals surface area contributed by atoms with E-state index in [4.69, 9.17) is 10.5 Å². The van der Waals surface area contributed by atoms with Gasteiger partial charge in [-0.1, -0.05) is 6.07 Å². The first-order valence-corrected chi connectivity index (χ1v) is 7.29. The van der Waals surface area contributed by atoms with Crippen LogP contribution in [0.2, 0.25) is 0 Å². The first-order chi connectivity index (χ1) is 8.70. The van der Waals surface area contributed by atoms with E-state index in [1.54, 1.807) is 11.3 Å². The van der Waals surface area contributed by atoms with Crippen LogP contribution < -0.4 is 5.73 Å². The maximum Gasteiger partial charge on any atom is 0.192 e. The largest absolute Gasteiger partial charge is 0.378 e. The van der Waals surface area contributed by atoms with E-state index in [9.17, 15) is 0 Å². The molecule has 2 aliphatic rings. The van der Waals surface area contributed by atoms with E-state index in [1.807, 2.05) is 0 Å². The monoisotopic (exact) mass is 265 g/mol. The van der Waals surface area contributed by atoms with Crippen molar-refractivity contribution in [1.29, 1.82) is 0 Å². The summed E-state index contributed by atoms with van der Waals surface area (Å²) in [7, 11) is 0. The molecule has 18 heavy (non-hydrogen) atoms. The minimum atomic E-state index is 0.0890. The van der Waals surface area contributed by atoms with Crippen LogP contribution in [0.25, 0.3) is 0 Å². The summed E-state index contributed by atoms with van der Waals surface area (Å²) >= 11 is 1.78. The second kappa shape index (κ2) is 4.55. The summed E-state index contributed by atoms with van der Waals surface area (Å²) in [6.45, 7) is 4.64. The normalized spacial score (nSPS) is 31.9. The zero-order valence-corrected chi connectivity index (χ0v) is 11.4. The predicted octanol–water partition coefficient (Wildman–Crippen LogP) is 1.82. The molecule has 5 heteroatoms. The smallest absolute Gasteiger partial charge is 0.192 e. The zero-order valence-electron chi connectivity index (χ0n) is 10.6. The van der Waals surface area contributed by atoms with Gasteiger partial charge < -0.3 is 15.4 Å². The Balaban J connectivity index is 1.82. The molecule has 3 rings (SSSR count). The fourth-order valence-corrected chi connectivity index (χ4v) is 3.68. The fraction of sp³-hybridized carbons (Fsp3) is 0.615. The Labute approximate surface area is 111 Å². The Hall–Kier alpha value is -1.07. The first-order valence-electron chi connectivity index (χ1n) is 6.41. The second-order valence-electron chi connectivity index (χ2n) is 5.20. The van der Waals surface area contributed by atoms with E-state index < -0.39 is 0 Å². The van der Waals surface area contributed by atoms with Gasteiger partial charge in [-0.3, -0.25) is 4.99 Å². The molecule has 1 aromatic heterocycles. The third-order valence-electron chi connectivity index (χ3n) is 3.92. The van der Waals surface area contributed by atoms with Crippen molar-refractivity contribution in [3.05, 3.63) is 22.4 Å². The highest BCUT2D eigenvalue weighted by atomic mass is 32.1. The average Bonchev–Trinajstić information content (AvgIpc) is 2.94. The zero-order chi connectivity index (χ0) is 12.6. The van der Waals surface area contributed by atoms with Crippen molar-refractivity contribution in [2.24, 2.45) is 10.7 Å². The lowest BCUT2D eigenvalue weighted by molar-refractivity contribution is -0.0398. The molecular formula is C13H19N3OS. The van der Waals surface area contributed by atoms with Crippen LogP contribution in [0.15, 0.2) is 22.5 Å². The van der Waals surface area contributed by atoms with Gasteiger partial charge in [0.15, 0.2) is 5.96 Å². The van der Waals surface area contributed by atoms with Crippen molar-refractivity contribution in [2.75, 3.05) is 13.2 Å². The second-order valence-corrected chi connectivity index (χ2v) is 6.23. The topological polar surface area (TPSA) is 50.9 Å². The van der Waals surface area contributed by atoms with Crippen molar-refractivity contribution in [1.82, 2.24) is 4.90 Å². The average molecular weight is 265 g/mol. The van der Waals surface area contributed by atoms with E-state index in [0.717, 1.165) is 32.5 Å². The van der Waals surface area contributed by atoms with Gasteiger partial charge >= 0.3 is 0 Å². The number of guanidine groups is 1. The Bertz CT molecular complexity index is 445. The quantitative estimate of drug-likeness (QED) is 0.887. The molecule has 4 nitrogen and oxygen atoms in total. The number of aliphatic imine (C=N–C) groups is 1. The molecule has 98 valence electrons. The molecule has 0 radical (unpaired) electrons. The molecule has 2 unspecified atom stereocenters. The number of ether oxygens (including phenoxy) is 1. The molecule has 1 spiro atoms. The van der Waals surface area contributed by atoms with Crippen LogP contribution in [-0.4, -0.2) is 35.7 Å². The molecule has 0 aromatic carbocycles. The van der Waals surface area contributed by atoms with Crippen LogP contribution in [0.3, 0.4) is 0 Å². The Morgan fingerprint density at radius 1 is 1.67 bits per heavy atom. The van der Waals surface area contributed by atoms with Gasteiger partial charge in [-0.15, -0.1) is 11.3 Å². The number of hydrogen-bond donors (Lipinski definition) is 1. The summed E-state index contributed by atoms with van der Waals surface area (Å²) in [5.74, 6) is 0.692. The fourth-order valence-electron chi connectivity index (χ4n) is 2.98. The van der Waals surface area contributed by atoms with Gasteiger partial charge in [-0.2, -0.15) is 0 Å². The van der Waals surface area contributed by atoms with Gasteiger partial charge in [-0.25, -0.2) is 0 Å². The maximum absolute atomic E-state index is 6.09. The Morgan fingerprint density at radius 2 is 2.56 bits per heavy atom. The molecule has 0 saturated carbocycles. The highest BCUT2D eigenvalue weighted by Crippen LogP contribution is 2.36. The standard InChI is InChI=1S/C13H19N3OS/c1-10-7-13(4-5-17-10)9-15-12(14)16(13)8-11-3-2-6-18-11/h2-3,6,10H,4-5,7-9H2,1H3,(H2,14,15).